The van der Waals surface area contributed by atoms with Gasteiger partial charge in [-0.1, -0.05) is 36.5 Å². The molecule has 0 radical (unpaired) electrons. The van der Waals surface area contributed by atoms with Crippen molar-refractivity contribution in [3.8, 4) is 0 Å². The fourth-order valence-electron chi connectivity index (χ4n) is 2.63. The molecule has 1 saturated heterocycles. The third-order valence-electron chi connectivity index (χ3n) is 4.02. The molecule has 2 nitrogen and oxygen atoms in total. The zero-order valence-electron chi connectivity index (χ0n) is 11.3. The van der Waals surface area contributed by atoms with Gasteiger partial charge in [0.2, 0.25) is 0 Å². The van der Waals surface area contributed by atoms with E-state index in [-0.39, 0.29) is 11.8 Å². The molecule has 0 aromatic heterocycles. The van der Waals surface area contributed by atoms with Crippen LogP contribution >= 0.6 is 23.2 Å². The summed E-state index contributed by atoms with van der Waals surface area (Å²) in [6.07, 6.45) is 2.36. The van der Waals surface area contributed by atoms with E-state index in [1.54, 1.807) is 18.2 Å². The molecule has 0 saturated carbocycles. The number of hydrogen-bond acceptors (Lipinski definition) is 2. The molecule has 0 spiro atoms. The molecule has 1 heterocycles. The SMILES string of the molecule is CCC1CCN(C(C)C(=O)c2ccc(Cl)cc2Cl)C1. The van der Waals surface area contributed by atoms with Crippen LogP contribution in [0.15, 0.2) is 18.2 Å². The Morgan fingerprint density at radius 3 is 2.79 bits per heavy atom. The van der Waals surface area contributed by atoms with Crippen LogP contribution in [-0.4, -0.2) is 29.8 Å². The molecule has 19 heavy (non-hydrogen) atoms. The molecule has 2 rings (SSSR count). The summed E-state index contributed by atoms with van der Waals surface area (Å²) in [6, 6.07) is 4.94. The molecule has 1 aromatic carbocycles. The van der Waals surface area contributed by atoms with Gasteiger partial charge in [0.1, 0.15) is 0 Å². The summed E-state index contributed by atoms with van der Waals surface area (Å²) in [4.78, 5) is 14.7. The van der Waals surface area contributed by atoms with Crippen LogP contribution < -0.4 is 0 Å². The van der Waals surface area contributed by atoms with Gasteiger partial charge in [-0.2, -0.15) is 0 Å². The van der Waals surface area contributed by atoms with Crippen molar-refractivity contribution in [2.75, 3.05) is 13.1 Å². The molecule has 0 N–H and O–H groups in total. The third-order valence-corrected chi connectivity index (χ3v) is 4.57. The molecular formula is C15H19Cl2NO. The van der Waals surface area contributed by atoms with Gasteiger partial charge in [0.05, 0.1) is 11.1 Å². The van der Waals surface area contributed by atoms with Crippen molar-refractivity contribution in [1.82, 2.24) is 4.90 Å². The number of nitrogens with zero attached hydrogens (tertiary/aromatic N) is 1. The van der Waals surface area contributed by atoms with E-state index in [1.807, 2.05) is 6.92 Å². The number of likely N-dealkylation sites (tertiary alicyclic amines) is 1. The van der Waals surface area contributed by atoms with Crippen LogP contribution in [0.2, 0.25) is 10.0 Å². The van der Waals surface area contributed by atoms with Crippen LogP contribution in [0, 0.1) is 5.92 Å². The lowest BCUT2D eigenvalue weighted by Crippen LogP contribution is -2.37. The second-order valence-electron chi connectivity index (χ2n) is 5.22. The Morgan fingerprint density at radius 1 is 1.47 bits per heavy atom. The predicted molar refractivity (Wildman–Crippen MR) is 80.2 cm³/mol. The van der Waals surface area contributed by atoms with Gasteiger partial charge in [0, 0.05) is 17.1 Å². The maximum atomic E-state index is 12.5. The molecule has 1 aliphatic rings. The maximum Gasteiger partial charge on any atom is 0.181 e. The Labute approximate surface area is 124 Å². The second kappa shape index (κ2) is 6.25. The average Bonchev–Trinajstić information content (AvgIpc) is 2.86. The molecule has 0 amide bonds. The number of rotatable bonds is 4. The summed E-state index contributed by atoms with van der Waals surface area (Å²) in [5, 5.41) is 0.997. The minimum Gasteiger partial charge on any atom is -0.293 e. The molecule has 0 aliphatic carbocycles. The lowest BCUT2D eigenvalue weighted by atomic mass is 10.0. The van der Waals surface area contributed by atoms with Gasteiger partial charge >= 0.3 is 0 Å². The fourth-order valence-corrected chi connectivity index (χ4v) is 3.13. The van der Waals surface area contributed by atoms with Crippen molar-refractivity contribution in [2.45, 2.75) is 32.7 Å². The van der Waals surface area contributed by atoms with Crippen molar-refractivity contribution < 1.29 is 4.79 Å². The highest BCUT2D eigenvalue weighted by Gasteiger charge is 2.29. The summed E-state index contributed by atoms with van der Waals surface area (Å²) in [6.45, 7) is 6.17. The third kappa shape index (κ3) is 3.31. The number of carbonyl (C=O) groups excluding carboxylic acids is 1. The molecule has 4 heteroatoms. The smallest absolute Gasteiger partial charge is 0.181 e. The van der Waals surface area contributed by atoms with E-state index in [1.165, 1.54) is 12.8 Å². The van der Waals surface area contributed by atoms with E-state index in [2.05, 4.69) is 11.8 Å². The van der Waals surface area contributed by atoms with Gasteiger partial charge in [-0.15, -0.1) is 0 Å². The van der Waals surface area contributed by atoms with Crippen LogP contribution in [0.5, 0.6) is 0 Å². The van der Waals surface area contributed by atoms with Crippen molar-refractivity contribution >= 4 is 29.0 Å². The largest absolute Gasteiger partial charge is 0.293 e. The molecule has 1 aromatic rings. The van der Waals surface area contributed by atoms with Gasteiger partial charge in [0.15, 0.2) is 5.78 Å². The van der Waals surface area contributed by atoms with Gasteiger partial charge in [-0.25, -0.2) is 0 Å². The quantitative estimate of drug-likeness (QED) is 0.773. The molecular weight excluding hydrogens is 281 g/mol. The Hall–Kier alpha value is -0.570. The Kier molecular flexibility index (Phi) is 4.88. The number of halogens is 2. The monoisotopic (exact) mass is 299 g/mol. The Balaban J connectivity index is 2.11. The van der Waals surface area contributed by atoms with Crippen molar-refractivity contribution in [3.05, 3.63) is 33.8 Å². The summed E-state index contributed by atoms with van der Waals surface area (Å²) in [7, 11) is 0. The predicted octanol–water partition coefficient (Wildman–Crippen LogP) is 4.30. The maximum absolute atomic E-state index is 12.5. The summed E-state index contributed by atoms with van der Waals surface area (Å²) >= 11 is 12.0. The first-order chi connectivity index (χ1) is 9.02. The average molecular weight is 300 g/mol. The van der Waals surface area contributed by atoms with E-state index < -0.39 is 0 Å². The van der Waals surface area contributed by atoms with E-state index in [0.29, 0.717) is 15.6 Å². The first-order valence-corrected chi connectivity index (χ1v) is 7.51. The van der Waals surface area contributed by atoms with Crippen LogP contribution in [0.3, 0.4) is 0 Å². The van der Waals surface area contributed by atoms with Crippen molar-refractivity contribution in [2.24, 2.45) is 5.92 Å². The highest BCUT2D eigenvalue weighted by Crippen LogP contribution is 2.26. The van der Waals surface area contributed by atoms with E-state index >= 15 is 0 Å². The minimum atomic E-state index is -0.116. The second-order valence-corrected chi connectivity index (χ2v) is 6.07. The molecule has 1 aliphatic heterocycles. The lowest BCUT2D eigenvalue weighted by Gasteiger charge is -2.23. The normalized spacial score (nSPS) is 21.6. The molecule has 1 fully saturated rings. The summed E-state index contributed by atoms with van der Waals surface area (Å²) in [5.74, 6) is 0.800. The molecule has 104 valence electrons. The molecule has 0 bridgehead atoms. The van der Waals surface area contributed by atoms with E-state index in [4.69, 9.17) is 23.2 Å². The van der Waals surface area contributed by atoms with Gasteiger partial charge in [0.25, 0.3) is 0 Å². The minimum absolute atomic E-state index is 0.0819. The highest BCUT2D eigenvalue weighted by molar-refractivity contribution is 6.37. The number of ketones is 1. The van der Waals surface area contributed by atoms with Gasteiger partial charge in [-0.3, -0.25) is 9.69 Å². The highest BCUT2D eigenvalue weighted by atomic mass is 35.5. The number of hydrogen-bond donors (Lipinski definition) is 0. The van der Waals surface area contributed by atoms with E-state index in [9.17, 15) is 4.79 Å². The number of benzene rings is 1. The Morgan fingerprint density at radius 2 is 2.21 bits per heavy atom. The topological polar surface area (TPSA) is 20.3 Å². The number of Topliss-reactive ketones (excluding diaryl/α,β-unsaturated/α-hetero) is 1. The molecule has 2 unspecified atom stereocenters. The Bertz CT molecular complexity index is 475. The van der Waals surface area contributed by atoms with Gasteiger partial charge < -0.3 is 0 Å². The summed E-state index contributed by atoms with van der Waals surface area (Å²) in [5.41, 5.74) is 0.568. The first kappa shape index (κ1) is 14.8. The zero-order chi connectivity index (χ0) is 14.0. The number of carbonyl (C=O) groups is 1. The molecule has 2 atom stereocenters. The van der Waals surface area contributed by atoms with Crippen LogP contribution in [0.25, 0.3) is 0 Å². The fraction of sp³-hybridized carbons (Fsp3) is 0.533. The zero-order valence-corrected chi connectivity index (χ0v) is 12.8. The van der Waals surface area contributed by atoms with Crippen molar-refractivity contribution in [1.29, 1.82) is 0 Å². The first-order valence-electron chi connectivity index (χ1n) is 6.76. The van der Waals surface area contributed by atoms with E-state index in [0.717, 1.165) is 19.0 Å². The van der Waals surface area contributed by atoms with Crippen LogP contribution in [0.4, 0.5) is 0 Å². The summed E-state index contributed by atoms with van der Waals surface area (Å²) < 4.78 is 0. The van der Waals surface area contributed by atoms with Crippen LogP contribution in [0.1, 0.15) is 37.0 Å². The van der Waals surface area contributed by atoms with Crippen LogP contribution in [-0.2, 0) is 0 Å². The van der Waals surface area contributed by atoms with Gasteiger partial charge in [-0.05, 0) is 44.0 Å². The van der Waals surface area contributed by atoms with Crippen molar-refractivity contribution in [3.63, 3.8) is 0 Å². The lowest BCUT2D eigenvalue weighted by molar-refractivity contribution is 0.0863. The standard InChI is InChI=1S/C15H19Cl2NO/c1-3-11-6-7-18(9-11)10(2)15(19)13-5-4-12(16)8-14(13)17/h4-5,8,10-11H,3,6-7,9H2,1-2H3.